The van der Waals surface area contributed by atoms with Crippen molar-refractivity contribution in [1.82, 2.24) is 15.1 Å². The summed E-state index contributed by atoms with van der Waals surface area (Å²) in [6.45, 7) is 6.18. The van der Waals surface area contributed by atoms with E-state index in [0.29, 0.717) is 31.5 Å². The number of halogens is 1. The number of hydrogen-bond acceptors (Lipinski definition) is 3. The van der Waals surface area contributed by atoms with Crippen LogP contribution in [-0.4, -0.2) is 53.8 Å². The van der Waals surface area contributed by atoms with Gasteiger partial charge >= 0.3 is 0 Å². The minimum Gasteiger partial charge on any atom is -0.353 e. The number of hydrogen-bond donors (Lipinski definition) is 1. The number of nitrogens with zero attached hydrogens (tertiary/aromatic N) is 2. The van der Waals surface area contributed by atoms with E-state index < -0.39 is 0 Å². The van der Waals surface area contributed by atoms with Crippen LogP contribution in [0.5, 0.6) is 0 Å². The third-order valence-electron chi connectivity index (χ3n) is 6.67. The Labute approximate surface area is 189 Å². The average Bonchev–Trinajstić information content (AvgIpc) is 2.80. The molecule has 4 rings (SSSR count). The molecule has 2 fully saturated rings. The maximum absolute atomic E-state index is 13.1. The van der Waals surface area contributed by atoms with Crippen LogP contribution in [0.4, 0.5) is 4.39 Å². The van der Waals surface area contributed by atoms with Crippen molar-refractivity contribution in [2.45, 2.75) is 45.2 Å². The van der Waals surface area contributed by atoms with Gasteiger partial charge in [0.1, 0.15) is 5.82 Å². The van der Waals surface area contributed by atoms with Crippen LogP contribution < -0.4 is 5.32 Å². The third kappa shape index (κ3) is 5.74. The predicted octanol–water partition coefficient (Wildman–Crippen LogP) is 3.77. The number of benzene rings is 2. The highest BCUT2D eigenvalue weighted by atomic mass is 19.1. The van der Waals surface area contributed by atoms with Gasteiger partial charge in [0.15, 0.2) is 0 Å². The highest BCUT2D eigenvalue weighted by Crippen LogP contribution is 2.21. The molecule has 2 saturated heterocycles. The molecule has 6 heteroatoms. The molecule has 1 N–H and O–H groups in total. The second kappa shape index (κ2) is 10.3. The third-order valence-corrected chi connectivity index (χ3v) is 6.67. The van der Waals surface area contributed by atoms with Crippen molar-refractivity contribution in [3.05, 3.63) is 71.0 Å². The predicted molar refractivity (Wildman–Crippen MR) is 123 cm³/mol. The van der Waals surface area contributed by atoms with E-state index in [0.717, 1.165) is 32.5 Å². The van der Waals surface area contributed by atoms with E-state index in [4.69, 9.17) is 0 Å². The van der Waals surface area contributed by atoms with Crippen LogP contribution in [0.2, 0.25) is 0 Å². The average molecular weight is 438 g/mol. The zero-order valence-electron chi connectivity index (χ0n) is 18.7. The fourth-order valence-electron chi connectivity index (χ4n) is 4.74. The number of carbonyl (C=O) groups excluding carboxylic acids is 2. The molecule has 2 aromatic carbocycles. The number of rotatable bonds is 5. The molecule has 32 heavy (non-hydrogen) atoms. The second-order valence-corrected chi connectivity index (χ2v) is 9.12. The minimum atomic E-state index is -0.349. The number of likely N-dealkylation sites (tertiary alicyclic amines) is 2. The molecular weight excluding hydrogens is 405 g/mol. The first-order valence-corrected chi connectivity index (χ1v) is 11.6. The molecule has 2 amide bonds. The van der Waals surface area contributed by atoms with Crippen LogP contribution >= 0.6 is 0 Å². The van der Waals surface area contributed by atoms with Crippen LogP contribution in [0.15, 0.2) is 48.5 Å². The molecular formula is C26H32FN3O2. The summed E-state index contributed by atoms with van der Waals surface area (Å²) in [4.78, 5) is 29.6. The van der Waals surface area contributed by atoms with Crippen molar-refractivity contribution < 1.29 is 14.0 Å². The normalized spacial score (nSPS) is 18.5. The highest BCUT2D eigenvalue weighted by molar-refractivity contribution is 5.94. The summed E-state index contributed by atoms with van der Waals surface area (Å²) in [7, 11) is 0. The van der Waals surface area contributed by atoms with E-state index in [1.807, 2.05) is 0 Å². The Balaban J connectivity index is 1.19. The Hall–Kier alpha value is -2.73. The summed E-state index contributed by atoms with van der Waals surface area (Å²) >= 11 is 0. The minimum absolute atomic E-state index is 0.0439. The molecule has 0 atom stereocenters. The number of piperidine rings is 2. The smallest absolute Gasteiger partial charge is 0.253 e. The van der Waals surface area contributed by atoms with Gasteiger partial charge < -0.3 is 10.2 Å². The Morgan fingerprint density at radius 1 is 0.969 bits per heavy atom. The molecule has 0 unspecified atom stereocenters. The van der Waals surface area contributed by atoms with Crippen molar-refractivity contribution >= 4 is 11.8 Å². The van der Waals surface area contributed by atoms with E-state index >= 15 is 0 Å². The largest absolute Gasteiger partial charge is 0.353 e. The van der Waals surface area contributed by atoms with Gasteiger partial charge in [-0.3, -0.25) is 14.5 Å². The van der Waals surface area contributed by atoms with Crippen LogP contribution in [0, 0.1) is 18.7 Å². The van der Waals surface area contributed by atoms with Crippen molar-refractivity contribution in [3.8, 4) is 0 Å². The Bertz CT molecular complexity index is 930. The molecule has 2 aliphatic rings. The molecule has 0 aromatic heterocycles. The van der Waals surface area contributed by atoms with Crippen molar-refractivity contribution in [2.75, 3.05) is 26.2 Å². The van der Waals surface area contributed by atoms with E-state index in [-0.39, 0.29) is 29.6 Å². The Kier molecular flexibility index (Phi) is 7.20. The molecule has 170 valence electrons. The second-order valence-electron chi connectivity index (χ2n) is 9.12. The van der Waals surface area contributed by atoms with Crippen LogP contribution in [0.25, 0.3) is 0 Å². The molecule has 0 radical (unpaired) electrons. The number of carbonyl (C=O) groups is 2. The van der Waals surface area contributed by atoms with Crippen molar-refractivity contribution in [2.24, 2.45) is 5.92 Å². The van der Waals surface area contributed by atoms with E-state index in [2.05, 4.69) is 41.4 Å². The zero-order chi connectivity index (χ0) is 22.5. The lowest BCUT2D eigenvalue weighted by molar-refractivity contribution is -0.127. The summed E-state index contributed by atoms with van der Waals surface area (Å²) in [5.74, 6) is -0.364. The topological polar surface area (TPSA) is 52.7 Å². The maximum Gasteiger partial charge on any atom is 0.253 e. The van der Waals surface area contributed by atoms with Gasteiger partial charge in [-0.25, -0.2) is 4.39 Å². The van der Waals surface area contributed by atoms with E-state index in [1.165, 1.54) is 35.4 Å². The standard InChI is InChI=1S/C26H32FN3O2/c1-19-3-2-4-20(17-19)18-29-13-11-24(12-14-29)28-25(31)21-9-15-30(16-10-21)26(32)22-5-7-23(27)8-6-22/h2-8,17,21,24H,9-16,18H2,1H3,(H,28,31). The molecule has 0 saturated carbocycles. The molecule has 0 bridgehead atoms. The molecule has 0 spiro atoms. The Morgan fingerprint density at radius 2 is 1.66 bits per heavy atom. The molecule has 2 heterocycles. The van der Waals surface area contributed by atoms with E-state index in [1.54, 1.807) is 4.90 Å². The van der Waals surface area contributed by atoms with Gasteiger partial charge in [0, 0.05) is 50.2 Å². The van der Waals surface area contributed by atoms with Gasteiger partial charge in [-0.2, -0.15) is 0 Å². The van der Waals surface area contributed by atoms with Crippen LogP contribution in [0.3, 0.4) is 0 Å². The summed E-state index contributed by atoms with van der Waals surface area (Å²) in [6.07, 6.45) is 3.29. The highest BCUT2D eigenvalue weighted by Gasteiger charge is 2.30. The lowest BCUT2D eigenvalue weighted by Crippen LogP contribution is -2.48. The van der Waals surface area contributed by atoms with Crippen molar-refractivity contribution in [1.29, 1.82) is 0 Å². The van der Waals surface area contributed by atoms with Crippen LogP contribution in [0.1, 0.15) is 47.2 Å². The van der Waals surface area contributed by atoms with Gasteiger partial charge in [-0.1, -0.05) is 29.8 Å². The fraction of sp³-hybridized carbons (Fsp3) is 0.462. The summed E-state index contributed by atoms with van der Waals surface area (Å²) in [5, 5.41) is 3.25. The van der Waals surface area contributed by atoms with E-state index in [9.17, 15) is 14.0 Å². The number of amides is 2. The summed E-state index contributed by atoms with van der Waals surface area (Å²) in [6, 6.07) is 14.5. The first kappa shape index (κ1) is 22.5. The van der Waals surface area contributed by atoms with Gasteiger partial charge in [0.05, 0.1) is 0 Å². The molecule has 0 aliphatic carbocycles. The van der Waals surface area contributed by atoms with Gasteiger partial charge in [-0.15, -0.1) is 0 Å². The van der Waals surface area contributed by atoms with Gasteiger partial charge in [0.25, 0.3) is 5.91 Å². The number of nitrogens with one attached hydrogen (secondary N) is 1. The summed E-state index contributed by atoms with van der Waals surface area (Å²) in [5.41, 5.74) is 3.12. The summed E-state index contributed by atoms with van der Waals surface area (Å²) < 4.78 is 13.1. The molecule has 2 aliphatic heterocycles. The van der Waals surface area contributed by atoms with Crippen LogP contribution in [-0.2, 0) is 11.3 Å². The monoisotopic (exact) mass is 437 g/mol. The van der Waals surface area contributed by atoms with Gasteiger partial charge in [-0.05, 0) is 62.4 Å². The number of aryl methyl sites for hydroxylation is 1. The Morgan fingerprint density at radius 3 is 2.31 bits per heavy atom. The SMILES string of the molecule is Cc1cccc(CN2CCC(NC(=O)C3CCN(C(=O)c4ccc(F)cc4)CC3)CC2)c1. The lowest BCUT2D eigenvalue weighted by Gasteiger charge is -2.35. The van der Waals surface area contributed by atoms with Crippen molar-refractivity contribution in [3.63, 3.8) is 0 Å². The first-order valence-electron chi connectivity index (χ1n) is 11.6. The maximum atomic E-state index is 13.1. The molecule has 2 aromatic rings. The fourth-order valence-corrected chi connectivity index (χ4v) is 4.74. The quantitative estimate of drug-likeness (QED) is 0.775. The first-order chi connectivity index (χ1) is 15.5. The zero-order valence-corrected chi connectivity index (χ0v) is 18.7. The lowest BCUT2D eigenvalue weighted by atomic mass is 9.94. The van der Waals surface area contributed by atoms with Gasteiger partial charge in [0.2, 0.25) is 5.91 Å². The molecule has 5 nitrogen and oxygen atoms in total.